The summed E-state index contributed by atoms with van der Waals surface area (Å²) in [6.45, 7) is 0.506. The molecule has 1 heterocycles. The van der Waals surface area contributed by atoms with Gasteiger partial charge in [-0.2, -0.15) is 5.26 Å². The quantitative estimate of drug-likeness (QED) is 0.701. The Kier molecular flexibility index (Phi) is 5.60. The van der Waals surface area contributed by atoms with Gasteiger partial charge in [-0.05, 0) is 35.9 Å². The van der Waals surface area contributed by atoms with E-state index in [2.05, 4.69) is 20.6 Å². The van der Waals surface area contributed by atoms with E-state index in [0.717, 1.165) is 11.3 Å². The summed E-state index contributed by atoms with van der Waals surface area (Å²) in [5.74, 6) is 0.714. The van der Waals surface area contributed by atoms with Gasteiger partial charge >= 0.3 is 0 Å². The Bertz CT molecular complexity index is 980. The van der Waals surface area contributed by atoms with Gasteiger partial charge in [-0.1, -0.05) is 24.3 Å². The first kappa shape index (κ1) is 17.9. The number of anilines is 2. The number of hydrogen-bond acceptors (Lipinski definition) is 6. The van der Waals surface area contributed by atoms with Gasteiger partial charge in [0.25, 0.3) is 5.91 Å². The van der Waals surface area contributed by atoms with Crippen molar-refractivity contribution in [2.75, 3.05) is 17.7 Å². The van der Waals surface area contributed by atoms with Crippen molar-refractivity contribution < 1.29 is 9.53 Å². The van der Waals surface area contributed by atoms with Gasteiger partial charge in [-0.25, -0.2) is 9.97 Å². The van der Waals surface area contributed by atoms with Crippen molar-refractivity contribution in [3.63, 3.8) is 0 Å². The smallest absolute Gasteiger partial charge is 0.274 e. The fourth-order valence-electron chi connectivity index (χ4n) is 2.37. The molecule has 7 nitrogen and oxygen atoms in total. The second-order valence-electron chi connectivity index (χ2n) is 5.58. The molecule has 0 fully saturated rings. The highest BCUT2D eigenvalue weighted by molar-refractivity contribution is 6.03. The van der Waals surface area contributed by atoms with Crippen LogP contribution >= 0.6 is 0 Å². The minimum Gasteiger partial charge on any atom is -0.497 e. The number of nitrogens with zero attached hydrogens (tertiary/aromatic N) is 3. The molecule has 1 amide bonds. The predicted octanol–water partition coefficient (Wildman–Crippen LogP) is 3.22. The molecule has 0 aliphatic heterocycles. The molecule has 0 bridgehead atoms. The molecule has 1 aromatic heterocycles. The second-order valence-corrected chi connectivity index (χ2v) is 5.58. The van der Waals surface area contributed by atoms with E-state index >= 15 is 0 Å². The standard InChI is InChI=1S/C20H17N5O2/c1-27-16-8-6-14(7-9-16)13-23-20-22-11-10-18(25-20)19(26)24-17-5-3-2-4-15(17)12-21/h2-11H,13H2,1H3,(H,24,26)(H,22,23,25). The van der Waals surface area contributed by atoms with Crippen molar-refractivity contribution in [3.05, 3.63) is 77.6 Å². The highest BCUT2D eigenvalue weighted by Gasteiger charge is 2.11. The molecule has 0 saturated heterocycles. The van der Waals surface area contributed by atoms with Crippen LogP contribution in [-0.2, 0) is 6.54 Å². The van der Waals surface area contributed by atoms with Crippen LogP contribution in [0.4, 0.5) is 11.6 Å². The SMILES string of the molecule is COc1ccc(CNc2nccc(C(=O)Nc3ccccc3C#N)n2)cc1. The number of para-hydroxylation sites is 1. The number of nitriles is 1. The van der Waals surface area contributed by atoms with Crippen molar-refractivity contribution in [1.82, 2.24) is 9.97 Å². The first-order chi connectivity index (χ1) is 13.2. The highest BCUT2D eigenvalue weighted by Crippen LogP contribution is 2.15. The Labute approximate surface area is 156 Å². The summed E-state index contributed by atoms with van der Waals surface area (Å²) in [5.41, 5.74) is 2.06. The van der Waals surface area contributed by atoms with Crippen molar-refractivity contribution in [2.45, 2.75) is 6.54 Å². The van der Waals surface area contributed by atoms with Crippen LogP contribution in [0, 0.1) is 11.3 Å². The van der Waals surface area contributed by atoms with Gasteiger partial charge in [-0.3, -0.25) is 4.79 Å². The number of benzene rings is 2. The summed E-state index contributed by atoms with van der Waals surface area (Å²) in [6, 6.07) is 17.9. The number of methoxy groups -OCH3 is 1. The molecule has 27 heavy (non-hydrogen) atoms. The highest BCUT2D eigenvalue weighted by atomic mass is 16.5. The van der Waals surface area contributed by atoms with E-state index in [1.165, 1.54) is 12.3 Å². The molecule has 3 rings (SSSR count). The number of carbonyl (C=O) groups is 1. The monoisotopic (exact) mass is 359 g/mol. The lowest BCUT2D eigenvalue weighted by atomic mass is 10.2. The first-order valence-electron chi connectivity index (χ1n) is 8.20. The average Bonchev–Trinajstić information content (AvgIpc) is 2.73. The maximum absolute atomic E-state index is 12.4. The number of aromatic nitrogens is 2. The molecule has 0 radical (unpaired) electrons. The van der Waals surface area contributed by atoms with Gasteiger partial charge in [0, 0.05) is 12.7 Å². The number of nitrogens with one attached hydrogen (secondary N) is 2. The molecular formula is C20H17N5O2. The fraction of sp³-hybridized carbons (Fsp3) is 0.100. The van der Waals surface area contributed by atoms with Crippen LogP contribution in [0.25, 0.3) is 0 Å². The fourth-order valence-corrected chi connectivity index (χ4v) is 2.37. The van der Waals surface area contributed by atoms with Gasteiger partial charge in [-0.15, -0.1) is 0 Å². The van der Waals surface area contributed by atoms with Gasteiger partial charge in [0.05, 0.1) is 18.4 Å². The molecule has 0 aliphatic carbocycles. The van der Waals surface area contributed by atoms with Crippen molar-refractivity contribution in [1.29, 1.82) is 5.26 Å². The molecule has 0 spiro atoms. The van der Waals surface area contributed by atoms with Gasteiger partial charge in [0.2, 0.25) is 5.95 Å². The molecule has 7 heteroatoms. The Morgan fingerprint density at radius 1 is 1.15 bits per heavy atom. The zero-order valence-electron chi connectivity index (χ0n) is 14.6. The Morgan fingerprint density at radius 2 is 1.93 bits per heavy atom. The van der Waals surface area contributed by atoms with Crippen LogP contribution in [0.15, 0.2) is 60.8 Å². The van der Waals surface area contributed by atoms with Gasteiger partial charge in [0.1, 0.15) is 17.5 Å². The van der Waals surface area contributed by atoms with Crippen LogP contribution in [0.2, 0.25) is 0 Å². The number of amides is 1. The van der Waals surface area contributed by atoms with E-state index in [9.17, 15) is 4.79 Å². The molecule has 3 aromatic rings. The van der Waals surface area contributed by atoms with Gasteiger partial charge < -0.3 is 15.4 Å². The number of hydrogen-bond donors (Lipinski definition) is 2. The molecule has 2 aromatic carbocycles. The third-order valence-corrected chi connectivity index (χ3v) is 3.79. The van der Waals surface area contributed by atoms with Crippen molar-refractivity contribution >= 4 is 17.5 Å². The molecule has 0 unspecified atom stereocenters. The summed E-state index contributed by atoms with van der Waals surface area (Å²) in [5, 5.41) is 14.9. The maximum Gasteiger partial charge on any atom is 0.274 e. The van der Waals surface area contributed by atoms with E-state index in [4.69, 9.17) is 10.00 Å². The summed E-state index contributed by atoms with van der Waals surface area (Å²) >= 11 is 0. The zero-order valence-corrected chi connectivity index (χ0v) is 14.6. The van der Waals surface area contributed by atoms with Crippen molar-refractivity contribution in [2.24, 2.45) is 0 Å². The molecule has 134 valence electrons. The van der Waals surface area contributed by atoms with E-state index in [-0.39, 0.29) is 5.69 Å². The van der Waals surface area contributed by atoms with E-state index in [0.29, 0.717) is 23.7 Å². The topological polar surface area (TPSA) is 99.9 Å². The lowest BCUT2D eigenvalue weighted by Gasteiger charge is -2.09. The summed E-state index contributed by atoms with van der Waals surface area (Å²) in [4.78, 5) is 20.8. The molecule has 0 saturated carbocycles. The van der Waals surface area contributed by atoms with Crippen LogP contribution in [0.1, 0.15) is 21.6 Å². The van der Waals surface area contributed by atoms with Crippen LogP contribution < -0.4 is 15.4 Å². The zero-order chi connectivity index (χ0) is 19.1. The Morgan fingerprint density at radius 3 is 2.67 bits per heavy atom. The minimum absolute atomic E-state index is 0.204. The lowest BCUT2D eigenvalue weighted by molar-refractivity contribution is 0.102. The average molecular weight is 359 g/mol. The molecule has 0 atom stereocenters. The molecule has 2 N–H and O–H groups in total. The van der Waals surface area contributed by atoms with E-state index in [1.54, 1.807) is 31.4 Å². The number of rotatable bonds is 6. The van der Waals surface area contributed by atoms with Gasteiger partial charge in [0.15, 0.2) is 0 Å². The third-order valence-electron chi connectivity index (χ3n) is 3.79. The number of carbonyl (C=O) groups excluding carboxylic acids is 1. The largest absolute Gasteiger partial charge is 0.497 e. The first-order valence-corrected chi connectivity index (χ1v) is 8.20. The van der Waals surface area contributed by atoms with E-state index < -0.39 is 5.91 Å². The summed E-state index contributed by atoms with van der Waals surface area (Å²) < 4.78 is 5.13. The Hall–Kier alpha value is -3.92. The normalized spacial score (nSPS) is 9.93. The lowest BCUT2D eigenvalue weighted by Crippen LogP contribution is -2.16. The maximum atomic E-state index is 12.4. The van der Waals surface area contributed by atoms with E-state index in [1.807, 2.05) is 30.3 Å². The summed E-state index contributed by atoms with van der Waals surface area (Å²) in [6.07, 6.45) is 1.51. The minimum atomic E-state index is -0.410. The molecule has 0 aliphatic rings. The predicted molar refractivity (Wildman–Crippen MR) is 101 cm³/mol. The number of ether oxygens (including phenoxy) is 1. The Balaban J connectivity index is 1.67. The van der Waals surface area contributed by atoms with Crippen LogP contribution in [0.3, 0.4) is 0 Å². The second kappa shape index (κ2) is 8.45. The van der Waals surface area contributed by atoms with Crippen molar-refractivity contribution in [3.8, 4) is 11.8 Å². The van der Waals surface area contributed by atoms with Crippen LogP contribution in [-0.4, -0.2) is 23.0 Å². The third kappa shape index (κ3) is 4.58. The summed E-state index contributed by atoms with van der Waals surface area (Å²) in [7, 11) is 1.62. The molecular weight excluding hydrogens is 342 g/mol. The van der Waals surface area contributed by atoms with Crippen LogP contribution in [0.5, 0.6) is 5.75 Å².